The SMILES string of the molecule is COc1ccc2c(c1)CN(C(=O)c1cc3c(CC4=NC(C)(C)CO4)n[nH]c3cc1O)C2. The van der Waals surface area contributed by atoms with Gasteiger partial charge in [-0.05, 0) is 43.2 Å². The molecule has 1 aromatic heterocycles. The molecule has 2 aliphatic heterocycles. The molecule has 160 valence electrons. The maximum absolute atomic E-state index is 13.3. The fraction of sp³-hybridized carbons (Fsp3) is 0.348. The Bertz CT molecular complexity index is 1230. The summed E-state index contributed by atoms with van der Waals surface area (Å²) in [6.07, 6.45) is 0.427. The standard InChI is InChI=1S/C23H24N4O4/c1-23(2)12-31-21(24-23)9-19-16-7-17(20(28)8-18(16)25-26-19)22(29)27-10-13-4-5-15(30-3)6-14(13)11-27/h4-8,28H,9-12H2,1-3H3,(H,25,26). The predicted octanol–water partition coefficient (Wildman–Crippen LogP) is 3.18. The molecule has 8 heteroatoms. The van der Waals surface area contributed by atoms with Crippen LogP contribution in [0.4, 0.5) is 0 Å². The number of carbonyl (C=O) groups excluding carboxylic acids is 1. The second-order valence-electron chi connectivity index (χ2n) is 8.66. The molecule has 0 saturated carbocycles. The van der Waals surface area contributed by atoms with Crippen molar-refractivity contribution < 1.29 is 19.4 Å². The lowest BCUT2D eigenvalue weighted by Crippen LogP contribution is -2.25. The Balaban J connectivity index is 1.43. The smallest absolute Gasteiger partial charge is 0.258 e. The number of benzene rings is 2. The molecular formula is C23H24N4O4. The number of carbonyl (C=O) groups is 1. The molecule has 0 aliphatic carbocycles. The molecule has 0 bridgehead atoms. The number of aromatic hydroxyl groups is 1. The molecule has 8 nitrogen and oxygen atoms in total. The van der Waals surface area contributed by atoms with Crippen molar-refractivity contribution in [2.24, 2.45) is 4.99 Å². The Morgan fingerprint density at radius 2 is 2.06 bits per heavy atom. The number of H-pyrrole nitrogens is 1. The third-order valence-electron chi connectivity index (χ3n) is 5.75. The Morgan fingerprint density at radius 1 is 1.26 bits per heavy atom. The largest absolute Gasteiger partial charge is 0.507 e. The summed E-state index contributed by atoms with van der Waals surface area (Å²) in [4.78, 5) is 19.6. The van der Waals surface area contributed by atoms with Crippen LogP contribution in [0.3, 0.4) is 0 Å². The highest BCUT2D eigenvalue weighted by Crippen LogP contribution is 2.32. The minimum absolute atomic E-state index is 0.0724. The molecule has 0 radical (unpaired) electrons. The Labute approximate surface area is 179 Å². The van der Waals surface area contributed by atoms with Gasteiger partial charge in [-0.25, -0.2) is 4.99 Å². The van der Waals surface area contributed by atoms with Crippen molar-refractivity contribution in [3.8, 4) is 11.5 Å². The summed E-state index contributed by atoms with van der Waals surface area (Å²) in [6, 6.07) is 9.07. The zero-order chi connectivity index (χ0) is 21.8. The molecule has 2 N–H and O–H groups in total. The number of amides is 1. The second kappa shape index (κ2) is 7.01. The van der Waals surface area contributed by atoms with E-state index in [-0.39, 0.29) is 22.8 Å². The Kier molecular flexibility index (Phi) is 4.39. The fourth-order valence-electron chi connectivity index (χ4n) is 4.12. The van der Waals surface area contributed by atoms with Crippen LogP contribution in [0.5, 0.6) is 11.5 Å². The number of ether oxygens (including phenoxy) is 2. The van der Waals surface area contributed by atoms with Gasteiger partial charge in [0.1, 0.15) is 18.1 Å². The molecule has 31 heavy (non-hydrogen) atoms. The van der Waals surface area contributed by atoms with Gasteiger partial charge in [0.2, 0.25) is 0 Å². The van der Waals surface area contributed by atoms with E-state index in [4.69, 9.17) is 9.47 Å². The third kappa shape index (κ3) is 3.48. The van der Waals surface area contributed by atoms with Gasteiger partial charge in [0.25, 0.3) is 5.91 Å². The zero-order valence-electron chi connectivity index (χ0n) is 17.7. The maximum atomic E-state index is 13.3. The monoisotopic (exact) mass is 420 g/mol. The molecule has 3 heterocycles. The van der Waals surface area contributed by atoms with Crippen LogP contribution in [0, 0.1) is 0 Å². The summed E-state index contributed by atoms with van der Waals surface area (Å²) in [5, 5.41) is 18.6. The average molecular weight is 420 g/mol. The van der Waals surface area contributed by atoms with Crippen molar-refractivity contribution in [3.05, 3.63) is 52.7 Å². The first-order valence-corrected chi connectivity index (χ1v) is 10.2. The van der Waals surface area contributed by atoms with E-state index < -0.39 is 0 Å². The first-order chi connectivity index (χ1) is 14.8. The number of phenols is 1. The normalized spacial score (nSPS) is 16.9. The summed E-state index contributed by atoms with van der Waals surface area (Å²) >= 11 is 0. The van der Waals surface area contributed by atoms with Crippen molar-refractivity contribution >= 4 is 22.7 Å². The number of hydrogen-bond acceptors (Lipinski definition) is 6. The van der Waals surface area contributed by atoms with Crippen LogP contribution in [-0.2, 0) is 24.2 Å². The summed E-state index contributed by atoms with van der Waals surface area (Å²) in [7, 11) is 1.62. The summed E-state index contributed by atoms with van der Waals surface area (Å²) in [5.74, 6) is 1.10. The predicted molar refractivity (Wildman–Crippen MR) is 116 cm³/mol. The summed E-state index contributed by atoms with van der Waals surface area (Å²) < 4.78 is 11.0. The van der Waals surface area contributed by atoms with Gasteiger partial charge in [0.15, 0.2) is 5.90 Å². The molecule has 2 aromatic carbocycles. The van der Waals surface area contributed by atoms with Crippen molar-refractivity contribution in [2.45, 2.75) is 38.9 Å². The molecule has 1 amide bonds. The third-order valence-corrected chi connectivity index (χ3v) is 5.75. The molecule has 2 aliphatic rings. The quantitative estimate of drug-likeness (QED) is 0.675. The number of aromatic amines is 1. The molecule has 0 fully saturated rings. The number of hydrogen-bond donors (Lipinski definition) is 2. The van der Waals surface area contributed by atoms with Crippen LogP contribution in [0.15, 0.2) is 35.3 Å². The van der Waals surface area contributed by atoms with Gasteiger partial charge in [-0.15, -0.1) is 0 Å². The topological polar surface area (TPSA) is 100 Å². The van der Waals surface area contributed by atoms with Gasteiger partial charge in [-0.3, -0.25) is 9.89 Å². The van der Waals surface area contributed by atoms with Crippen LogP contribution >= 0.6 is 0 Å². The van der Waals surface area contributed by atoms with Crippen LogP contribution in [0.1, 0.15) is 41.0 Å². The number of nitrogens with one attached hydrogen (secondary N) is 1. The number of rotatable bonds is 4. The highest BCUT2D eigenvalue weighted by atomic mass is 16.5. The zero-order valence-corrected chi connectivity index (χ0v) is 17.7. The van der Waals surface area contributed by atoms with Gasteiger partial charge in [0.05, 0.1) is 35.8 Å². The molecule has 0 spiro atoms. The van der Waals surface area contributed by atoms with Crippen LogP contribution < -0.4 is 4.74 Å². The van der Waals surface area contributed by atoms with E-state index >= 15 is 0 Å². The van der Waals surface area contributed by atoms with E-state index in [1.165, 1.54) is 0 Å². The first-order valence-electron chi connectivity index (χ1n) is 10.2. The minimum Gasteiger partial charge on any atom is -0.507 e. The van der Waals surface area contributed by atoms with Crippen molar-refractivity contribution in [1.29, 1.82) is 0 Å². The van der Waals surface area contributed by atoms with E-state index in [2.05, 4.69) is 15.2 Å². The highest BCUT2D eigenvalue weighted by Gasteiger charge is 2.29. The van der Waals surface area contributed by atoms with Gasteiger partial charge >= 0.3 is 0 Å². The number of methoxy groups -OCH3 is 1. The number of aliphatic imine (C=N–C) groups is 1. The number of nitrogens with zero attached hydrogens (tertiary/aromatic N) is 3. The number of fused-ring (bicyclic) bond motifs is 2. The minimum atomic E-state index is -0.242. The van der Waals surface area contributed by atoms with Gasteiger partial charge in [0, 0.05) is 24.5 Å². The van der Waals surface area contributed by atoms with Crippen LogP contribution in [-0.4, -0.2) is 51.3 Å². The van der Waals surface area contributed by atoms with E-state index in [0.29, 0.717) is 37.5 Å². The van der Waals surface area contributed by atoms with E-state index in [9.17, 15) is 9.90 Å². The average Bonchev–Trinajstić information content (AvgIpc) is 3.43. The van der Waals surface area contributed by atoms with Gasteiger partial charge in [-0.2, -0.15) is 5.10 Å². The van der Waals surface area contributed by atoms with Gasteiger partial charge in [-0.1, -0.05) is 6.07 Å². The first kappa shape index (κ1) is 19.4. The highest BCUT2D eigenvalue weighted by molar-refractivity contribution is 6.02. The van der Waals surface area contributed by atoms with E-state index in [1.54, 1.807) is 24.1 Å². The molecule has 3 aromatic rings. The lowest BCUT2D eigenvalue weighted by molar-refractivity contribution is 0.0748. The lowest BCUT2D eigenvalue weighted by atomic mass is 10.1. The lowest BCUT2D eigenvalue weighted by Gasteiger charge is -2.16. The molecule has 0 saturated heterocycles. The number of phenolic OH excluding ortho intramolecular Hbond substituents is 1. The van der Waals surface area contributed by atoms with E-state index in [1.807, 2.05) is 32.0 Å². The molecule has 0 unspecified atom stereocenters. The van der Waals surface area contributed by atoms with Crippen molar-refractivity contribution in [2.75, 3.05) is 13.7 Å². The molecule has 5 rings (SSSR count). The van der Waals surface area contributed by atoms with Crippen molar-refractivity contribution in [3.63, 3.8) is 0 Å². The Hall–Kier alpha value is -3.55. The van der Waals surface area contributed by atoms with Crippen molar-refractivity contribution in [1.82, 2.24) is 15.1 Å². The van der Waals surface area contributed by atoms with Crippen LogP contribution in [0.25, 0.3) is 10.9 Å². The fourth-order valence-corrected chi connectivity index (χ4v) is 4.12. The maximum Gasteiger partial charge on any atom is 0.258 e. The molecule has 0 atom stereocenters. The van der Waals surface area contributed by atoms with Gasteiger partial charge < -0.3 is 19.5 Å². The Morgan fingerprint density at radius 3 is 2.81 bits per heavy atom. The summed E-state index contributed by atoms with van der Waals surface area (Å²) in [5.41, 5.74) is 3.54. The van der Waals surface area contributed by atoms with E-state index in [0.717, 1.165) is 28.0 Å². The van der Waals surface area contributed by atoms with Crippen LogP contribution in [0.2, 0.25) is 0 Å². The second-order valence-corrected chi connectivity index (χ2v) is 8.66. The summed E-state index contributed by atoms with van der Waals surface area (Å²) in [6.45, 7) is 5.53. The molecular weight excluding hydrogens is 396 g/mol. The number of aromatic nitrogens is 2.